The number of methoxy groups -OCH3 is 1. The van der Waals surface area contributed by atoms with E-state index < -0.39 is 12.0 Å². The van der Waals surface area contributed by atoms with Crippen LogP contribution in [-0.4, -0.2) is 60.8 Å². The normalized spacial score (nSPS) is 19.2. The van der Waals surface area contributed by atoms with Crippen LogP contribution in [0.15, 0.2) is 30.3 Å². The number of aliphatic hydroxyl groups is 1. The number of ether oxygens (including phenoxy) is 1. The van der Waals surface area contributed by atoms with Gasteiger partial charge in [-0.25, -0.2) is 4.79 Å². The topological polar surface area (TPSA) is 78.9 Å². The quantitative estimate of drug-likeness (QED) is 0.689. The summed E-state index contributed by atoms with van der Waals surface area (Å²) in [6.45, 7) is 1.22. The van der Waals surface area contributed by atoms with Gasteiger partial charge in [-0.1, -0.05) is 36.8 Å². The average Bonchev–Trinajstić information content (AvgIpc) is 2.63. The molecule has 0 saturated carbocycles. The fourth-order valence-corrected chi connectivity index (χ4v) is 3.35. The summed E-state index contributed by atoms with van der Waals surface area (Å²) in [5.74, 6) is -0.626. The van der Waals surface area contributed by atoms with Crippen molar-refractivity contribution in [1.29, 1.82) is 0 Å². The van der Waals surface area contributed by atoms with Crippen molar-refractivity contribution >= 4 is 11.9 Å². The van der Waals surface area contributed by atoms with E-state index in [9.17, 15) is 14.7 Å². The lowest BCUT2D eigenvalue weighted by atomic mass is 9.99. The lowest BCUT2D eigenvalue weighted by Crippen LogP contribution is -2.50. The number of likely N-dealkylation sites (tertiary alicyclic amines) is 1. The van der Waals surface area contributed by atoms with Crippen LogP contribution in [0, 0.1) is 0 Å². The lowest BCUT2D eigenvalue weighted by Gasteiger charge is -2.35. The van der Waals surface area contributed by atoms with Crippen molar-refractivity contribution < 1.29 is 19.4 Å². The first-order valence-corrected chi connectivity index (χ1v) is 8.90. The van der Waals surface area contributed by atoms with Crippen LogP contribution in [0.2, 0.25) is 0 Å². The van der Waals surface area contributed by atoms with Gasteiger partial charge in [-0.05, 0) is 31.4 Å². The summed E-state index contributed by atoms with van der Waals surface area (Å²) in [5.41, 5.74) is 0.967. The fraction of sp³-hybridized carbons (Fsp3) is 0.579. The van der Waals surface area contributed by atoms with Crippen molar-refractivity contribution in [2.24, 2.45) is 0 Å². The minimum absolute atomic E-state index is 0.127. The average molecular weight is 348 g/mol. The van der Waals surface area contributed by atoms with Gasteiger partial charge in [-0.15, -0.1) is 0 Å². The molecule has 0 aliphatic carbocycles. The maximum atomic E-state index is 12.5. The number of hydrogen-bond acceptors (Lipinski definition) is 5. The third kappa shape index (κ3) is 6.14. The monoisotopic (exact) mass is 348 g/mol. The summed E-state index contributed by atoms with van der Waals surface area (Å²) in [6, 6.07) is 9.09. The molecule has 0 spiro atoms. The first-order chi connectivity index (χ1) is 12.1. The molecule has 0 bridgehead atoms. The summed E-state index contributed by atoms with van der Waals surface area (Å²) < 4.78 is 4.83. The zero-order chi connectivity index (χ0) is 18.1. The third-order valence-corrected chi connectivity index (χ3v) is 4.66. The Morgan fingerprint density at radius 2 is 2.08 bits per heavy atom. The fourth-order valence-electron chi connectivity index (χ4n) is 3.35. The number of aliphatic hydroxyl groups excluding tert-OH is 1. The van der Waals surface area contributed by atoms with E-state index in [0.717, 1.165) is 31.4 Å². The van der Waals surface area contributed by atoms with Gasteiger partial charge in [0.1, 0.15) is 6.04 Å². The Morgan fingerprint density at radius 1 is 1.32 bits per heavy atom. The molecule has 2 unspecified atom stereocenters. The van der Waals surface area contributed by atoms with Gasteiger partial charge in [0.05, 0.1) is 13.7 Å². The molecule has 2 N–H and O–H groups in total. The number of carbonyl (C=O) groups is 2. The summed E-state index contributed by atoms with van der Waals surface area (Å²) in [7, 11) is 1.33. The zero-order valence-corrected chi connectivity index (χ0v) is 14.8. The number of esters is 1. The summed E-state index contributed by atoms with van der Waals surface area (Å²) >= 11 is 0. The van der Waals surface area contributed by atoms with Gasteiger partial charge in [-0.2, -0.15) is 0 Å². The highest BCUT2D eigenvalue weighted by Gasteiger charge is 2.26. The largest absolute Gasteiger partial charge is 0.467 e. The van der Waals surface area contributed by atoms with E-state index >= 15 is 0 Å². The Labute approximate surface area is 149 Å². The van der Waals surface area contributed by atoms with Gasteiger partial charge >= 0.3 is 5.97 Å². The van der Waals surface area contributed by atoms with Gasteiger partial charge in [0.25, 0.3) is 0 Å². The Balaban J connectivity index is 1.95. The van der Waals surface area contributed by atoms with Gasteiger partial charge in [0, 0.05) is 19.1 Å². The molecule has 1 heterocycles. The predicted octanol–water partition coefficient (Wildman–Crippen LogP) is 1.12. The Kier molecular flexibility index (Phi) is 7.88. The summed E-state index contributed by atoms with van der Waals surface area (Å²) in [6.07, 6.45) is 4.26. The van der Waals surface area contributed by atoms with E-state index in [1.54, 1.807) is 0 Å². The predicted molar refractivity (Wildman–Crippen MR) is 95.0 cm³/mol. The van der Waals surface area contributed by atoms with Crippen LogP contribution in [0.5, 0.6) is 0 Å². The molecule has 0 radical (unpaired) electrons. The number of nitrogens with zero attached hydrogens (tertiary/aromatic N) is 1. The van der Waals surface area contributed by atoms with E-state index in [0.29, 0.717) is 12.8 Å². The summed E-state index contributed by atoms with van der Waals surface area (Å²) in [4.78, 5) is 26.6. The number of nitrogens with one attached hydrogen (secondary N) is 1. The van der Waals surface area contributed by atoms with E-state index in [1.807, 2.05) is 30.3 Å². The van der Waals surface area contributed by atoms with Crippen LogP contribution in [0.3, 0.4) is 0 Å². The molecular weight excluding hydrogens is 320 g/mol. The standard InChI is InChI=1S/C19H28N2O4/c1-25-19(24)17(13-15-7-3-2-4-8-15)20-18(23)14-21-11-6-5-9-16(21)10-12-22/h2-4,7-8,16-17,22H,5-6,9-14H2,1H3,(H,20,23). The Morgan fingerprint density at radius 3 is 2.76 bits per heavy atom. The van der Waals surface area contributed by atoms with Gasteiger partial charge in [0.2, 0.25) is 5.91 Å². The first kappa shape index (κ1) is 19.4. The molecule has 138 valence electrons. The van der Waals surface area contributed by atoms with Crippen LogP contribution in [0.4, 0.5) is 0 Å². The molecule has 1 aromatic rings. The molecule has 1 saturated heterocycles. The van der Waals surface area contributed by atoms with Crippen molar-refractivity contribution in [3.8, 4) is 0 Å². The smallest absolute Gasteiger partial charge is 0.328 e. The highest BCUT2D eigenvalue weighted by molar-refractivity contribution is 5.85. The number of rotatable bonds is 8. The maximum absolute atomic E-state index is 12.5. The SMILES string of the molecule is COC(=O)C(Cc1ccccc1)NC(=O)CN1CCCCC1CCO. The number of hydrogen-bond donors (Lipinski definition) is 2. The molecule has 1 fully saturated rings. The molecule has 1 aliphatic rings. The molecular formula is C19H28N2O4. The maximum Gasteiger partial charge on any atom is 0.328 e. The van der Waals surface area contributed by atoms with Crippen LogP contribution in [0.25, 0.3) is 0 Å². The lowest BCUT2D eigenvalue weighted by molar-refractivity contribution is -0.145. The van der Waals surface area contributed by atoms with E-state index in [1.165, 1.54) is 7.11 Å². The van der Waals surface area contributed by atoms with Crippen LogP contribution < -0.4 is 5.32 Å². The van der Waals surface area contributed by atoms with Crippen molar-refractivity contribution in [2.45, 2.75) is 44.2 Å². The number of benzene rings is 1. The first-order valence-electron chi connectivity index (χ1n) is 8.90. The van der Waals surface area contributed by atoms with E-state index in [4.69, 9.17) is 4.74 Å². The highest BCUT2D eigenvalue weighted by atomic mass is 16.5. The van der Waals surface area contributed by atoms with Crippen molar-refractivity contribution in [3.05, 3.63) is 35.9 Å². The minimum Gasteiger partial charge on any atom is -0.467 e. The van der Waals surface area contributed by atoms with E-state index in [2.05, 4.69) is 10.2 Å². The summed E-state index contributed by atoms with van der Waals surface area (Å²) in [5, 5.41) is 12.0. The third-order valence-electron chi connectivity index (χ3n) is 4.66. The van der Waals surface area contributed by atoms with Gasteiger partial charge in [-0.3, -0.25) is 9.69 Å². The second-order valence-electron chi connectivity index (χ2n) is 6.47. The zero-order valence-electron chi connectivity index (χ0n) is 14.8. The van der Waals surface area contributed by atoms with Crippen LogP contribution in [0.1, 0.15) is 31.2 Å². The second kappa shape index (κ2) is 10.2. The van der Waals surface area contributed by atoms with Crippen molar-refractivity contribution in [2.75, 3.05) is 26.8 Å². The molecule has 2 rings (SSSR count). The molecule has 6 nitrogen and oxygen atoms in total. The molecule has 2 atom stereocenters. The van der Waals surface area contributed by atoms with Crippen molar-refractivity contribution in [1.82, 2.24) is 10.2 Å². The number of carbonyl (C=O) groups excluding carboxylic acids is 2. The molecule has 1 aliphatic heterocycles. The second-order valence-corrected chi connectivity index (χ2v) is 6.47. The number of amides is 1. The van der Waals surface area contributed by atoms with Crippen molar-refractivity contribution in [3.63, 3.8) is 0 Å². The molecule has 1 amide bonds. The van der Waals surface area contributed by atoms with Gasteiger partial charge in [0.15, 0.2) is 0 Å². The molecule has 1 aromatic carbocycles. The van der Waals surface area contributed by atoms with E-state index in [-0.39, 0.29) is 25.1 Å². The molecule has 6 heteroatoms. The Hall–Kier alpha value is -1.92. The number of piperidine rings is 1. The highest BCUT2D eigenvalue weighted by Crippen LogP contribution is 2.19. The van der Waals surface area contributed by atoms with Crippen LogP contribution in [-0.2, 0) is 20.7 Å². The Bertz CT molecular complexity index is 548. The molecule has 0 aromatic heterocycles. The van der Waals surface area contributed by atoms with Crippen LogP contribution >= 0.6 is 0 Å². The van der Waals surface area contributed by atoms with Gasteiger partial charge < -0.3 is 15.2 Å². The minimum atomic E-state index is -0.694. The molecule has 25 heavy (non-hydrogen) atoms.